The largest absolute Gasteiger partial charge is 0.396 e. The molecule has 94 valence electrons. The maximum absolute atomic E-state index is 11.6. The molecular formula is C12H23NO3. The molecule has 1 aliphatic rings. The molecular weight excluding hydrogens is 206 g/mol. The second-order valence-electron chi connectivity index (χ2n) is 4.74. The predicted molar refractivity (Wildman–Crippen MR) is 62.1 cm³/mol. The van der Waals surface area contributed by atoms with Crippen LogP contribution in [0.3, 0.4) is 0 Å². The first-order chi connectivity index (χ1) is 7.63. The standard InChI is InChI=1S/C12H23NO3/c1-3-4-7-16-10(2)11(15)13-8-12(9-14)5-6-12/h10,14H,3-9H2,1-2H3,(H,13,15). The highest BCUT2D eigenvalue weighted by Crippen LogP contribution is 2.44. The number of aliphatic hydroxyl groups excluding tert-OH is 1. The van der Waals surface area contributed by atoms with Gasteiger partial charge in [-0.25, -0.2) is 0 Å². The normalized spacial score (nSPS) is 19.2. The van der Waals surface area contributed by atoms with E-state index in [4.69, 9.17) is 9.84 Å². The minimum absolute atomic E-state index is 0.0290. The summed E-state index contributed by atoms with van der Waals surface area (Å²) in [6, 6.07) is 0. The number of unbranched alkanes of at least 4 members (excludes halogenated alkanes) is 1. The summed E-state index contributed by atoms with van der Waals surface area (Å²) < 4.78 is 5.39. The number of carbonyl (C=O) groups excluding carboxylic acids is 1. The number of amides is 1. The Bertz CT molecular complexity index is 226. The van der Waals surface area contributed by atoms with Gasteiger partial charge in [0.05, 0.1) is 6.61 Å². The molecule has 0 saturated heterocycles. The Morgan fingerprint density at radius 1 is 1.56 bits per heavy atom. The van der Waals surface area contributed by atoms with Crippen molar-refractivity contribution in [3.05, 3.63) is 0 Å². The van der Waals surface area contributed by atoms with Crippen LogP contribution in [-0.2, 0) is 9.53 Å². The zero-order valence-electron chi connectivity index (χ0n) is 10.3. The fraction of sp³-hybridized carbons (Fsp3) is 0.917. The van der Waals surface area contributed by atoms with Gasteiger partial charge < -0.3 is 15.2 Å². The summed E-state index contributed by atoms with van der Waals surface area (Å²) in [7, 11) is 0. The predicted octanol–water partition coefficient (Wildman–Crippen LogP) is 1.08. The number of nitrogens with one attached hydrogen (secondary N) is 1. The van der Waals surface area contributed by atoms with Gasteiger partial charge in [0, 0.05) is 18.6 Å². The second kappa shape index (κ2) is 6.21. The highest BCUT2D eigenvalue weighted by molar-refractivity contribution is 5.80. The number of hydrogen-bond acceptors (Lipinski definition) is 3. The Morgan fingerprint density at radius 2 is 2.25 bits per heavy atom. The fourth-order valence-electron chi connectivity index (χ4n) is 1.47. The smallest absolute Gasteiger partial charge is 0.248 e. The van der Waals surface area contributed by atoms with E-state index in [9.17, 15) is 4.79 Å². The van der Waals surface area contributed by atoms with E-state index in [0.717, 1.165) is 25.7 Å². The lowest BCUT2D eigenvalue weighted by atomic mass is 10.1. The van der Waals surface area contributed by atoms with Crippen molar-refractivity contribution in [2.45, 2.75) is 45.6 Å². The molecule has 1 atom stereocenters. The van der Waals surface area contributed by atoms with Crippen LogP contribution in [0.25, 0.3) is 0 Å². The lowest BCUT2D eigenvalue weighted by molar-refractivity contribution is -0.132. The molecule has 1 aliphatic carbocycles. The highest BCUT2D eigenvalue weighted by Gasteiger charge is 2.42. The van der Waals surface area contributed by atoms with Gasteiger partial charge in [-0.3, -0.25) is 4.79 Å². The monoisotopic (exact) mass is 229 g/mol. The van der Waals surface area contributed by atoms with E-state index < -0.39 is 0 Å². The third-order valence-electron chi connectivity index (χ3n) is 3.17. The van der Waals surface area contributed by atoms with Gasteiger partial charge in [0.25, 0.3) is 0 Å². The molecule has 4 nitrogen and oxygen atoms in total. The summed E-state index contributed by atoms with van der Waals surface area (Å²) in [4.78, 5) is 11.6. The van der Waals surface area contributed by atoms with Crippen LogP contribution in [0.1, 0.15) is 39.5 Å². The second-order valence-corrected chi connectivity index (χ2v) is 4.74. The number of rotatable bonds is 8. The van der Waals surface area contributed by atoms with Crippen LogP contribution in [0.4, 0.5) is 0 Å². The summed E-state index contributed by atoms with van der Waals surface area (Å²) in [5.41, 5.74) is -0.0290. The van der Waals surface area contributed by atoms with Crippen LogP contribution >= 0.6 is 0 Å². The van der Waals surface area contributed by atoms with Crippen molar-refractivity contribution >= 4 is 5.91 Å². The van der Waals surface area contributed by atoms with Crippen LogP contribution < -0.4 is 5.32 Å². The molecule has 1 saturated carbocycles. The first-order valence-corrected chi connectivity index (χ1v) is 6.14. The molecule has 1 amide bonds. The number of ether oxygens (including phenoxy) is 1. The zero-order chi connectivity index (χ0) is 12.0. The first kappa shape index (κ1) is 13.5. The maximum atomic E-state index is 11.6. The van der Waals surface area contributed by atoms with Crippen molar-refractivity contribution in [3.8, 4) is 0 Å². The van der Waals surface area contributed by atoms with Crippen molar-refractivity contribution in [1.29, 1.82) is 0 Å². The quantitative estimate of drug-likeness (QED) is 0.612. The van der Waals surface area contributed by atoms with Crippen LogP contribution in [0.2, 0.25) is 0 Å². The van der Waals surface area contributed by atoms with E-state index in [1.54, 1.807) is 6.92 Å². The molecule has 0 spiro atoms. The Kier molecular flexibility index (Phi) is 5.22. The van der Waals surface area contributed by atoms with Gasteiger partial charge in [-0.1, -0.05) is 13.3 Å². The van der Waals surface area contributed by atoms with Crippen molar-refractivity contribution in [1.82, 2.24) is 5.32 Å². The SMILES string of the molecule is CCCCOC(C)C(=O)NCC1(CO)CC1. The minimum atomic E-state index is -0.388. The maximum Gasteiger partial charge on any atom is 0.248 e. The molecule has 0 aromatic carbocycles. The zero-order valence-corrected chi connectivity index (χ0v) is 10.3. The average molecular weight is 229 g/mol. The van der Waals surface area contributed by atoms with Crippen molar-refractivity contribution in [2.24, 2.45) is 5.41 Å². The molecule has 16 heavy (non-hydrogen) atoms. The van der Waals surface area contributed by atoms with Crippen LogP contribution in [-0.4, -0.2) is 36.9 Å². The van der Waals surface area contributed by atoms with Gasteiger partial charge in [-0.15, -0.1) is 0 Å². The number of aliphatic hydroxyl groups is 1. The highest BCUT2D eigenvalue weighted by atomic mass is 16.5. The minimum Gasteiger partial charge on any atom is -0.396 e. The summed E-state index contributed by atoms with van der Waals surface area (Å²) in [6.07, 6.45) is 3.69. The molecule has 1 rings (SSSR count). The summed E-state index contributed by atoms with van der Waals surface area (Å²) in [5, 5.41) is 11.9. The molecule has 0 aromatic rings. The molecule has 0 heterocycles. The van der Waals surface area contributed by atoms with Crippen LogP contribution in [0, 0.1) is 5.41 Å². The lowest BCUT2D eigenvalue weighted by Crippen LogP contribution is -2.38. The fourth-order valence-corrected chi connectivity index (χ4v) is 1.47. The van der Waals surface area contributed by atoms with Gasteiger partial charge in [-0.2, -0.15) is 0 Å². The summed E-state index contributed by atoms with van der Waals surface area (Å²) in [5.74, 6) is -0.0733. The Morgan fingerprint density at radius 3 is 2.75 bits per heavy atom. The van der Waals surface area contributed by atoms with Gasteiger partial charge in [-0.05, 0) is 26.2 Å². The molecule has 0 aromatic heterocycles. The molecule has 0 aliphatic heterocycles. The van der Waals surface area contributed by atoms with Crippen LogP contribution in [0.15, 0.2) is 0 Å². The van der Waals surface area contributed by atoms with E-state index >= 15 is 0 Å². The van der Waals surface area contributed by atoms with E-state index in [1.807, 2.05) is 0 Å². The Balaban J connectivity index is 2.13. The van der Waals surface area contributed by atoms with E-state index in [1.165, 1.54) is 0 Å². The molecule has 1 unspecified atom stereocenters. The van der Waals surface area contributed by atoms with Crippen LogP contribution in [0.5, 0.6) is 0 Å². The van der Waals surface area contributed by atoms with E-state index in [-0.39, 0.29) is 24.0 Å². The molecule has 0 bridgehead atoms. The summed E-state index contributed by atoms with van der Waals surface area (Å²) >= 11 is 0. The lowest BCUT2D eigenvalue weighted by Gasteiger charge is -2.16. The molecule has 0 radical (unpaired) electrons. The number of carbonyl (C=O) groups is 1. The first-order valence-electron chi connectivity index (χ1n) is 6.14. The average Bonchev–Trinajstić information content (AvgIpc) is 3.07. The van der Waals surface area contributed by atoms with Crippen molar-refractivity contribution < 1.29 is 14.6 Å². The Labute approximate surface area is 97.4 Å². The van der Waals surface area contributed by atoms with E-state index in [0.29, 0.717) is 13.2 Å². The van der Waals surface area contributed by atoms with Gasteiger partial charge in [0.15, 0.2) is 0 Å². The topological polar surface area (TPSA) is 58.6 Å². The van der Waals surface area contributed by atoms with Gasteiger partial charge in [0.1, 0.15) is 6.10 Å². The third kappa shape index (κ3) is 4.10. The van der Waals surface area contributed by atoms with E-state index in [2.05, 4.69) is 12.2 Å². The van der Waals surface area contributed by atoms with Crippen molar-refractivity contribution in [3.63, 3.8) is 0 Å². The summed E-state index contributed by atoms with van der Waals surface area (Å²) in [6.45, 7) is 5.23. The molecule has 2 N–H and O–H groups in total. The number of hydrogen-bond donors (Lipinski definition) is 2. The van der Waals surface area contributed by atoms with Gasteiger partial charge in [0.2, 0.25) is 5.91 Å². The Hall–Kier alpha value is -0.610. The third-order valence-corrected chi connectivity index (χ3v) is 3.17. The van der Waals surface area contributed by atoms with Gasteiger partial charge >= 0.3 is 0 Å². The molecule has 1 fully saturated rings. The molecule has 4 heteroatoms. The van der Waals surface area contributed by atoms with Crippen molar-refractivity contribution in [2.75, 3.05) is 19.8 Å².